The van der Waals surface area contributed by atoms with Crippen molar-refractivity contribution in [1.82, 2.24) is 5.43 Å². The molecule has 1 aromatic heterocycles. The Bertz CT molecular complexity index is 744. The van der Waals surface area contributed by atoms with E-state index >= 15 is 0 Å². The summed E-state index contributed by atoms with van der Waals surface area (Å²) in [5.41, 5.74) is 2.37. The molecule has 1 aromatic carbocycles. The van der Waals surface area contributed by atoms with Crippen molar-refractivity contribution in [2.45, 2.75) is 0 Å². The van der Waals surface area contributed by atoms with Gasteiger partial charge in [-0.15, -0.1) is 11.3 Å². The number of halogens is 1. The van der Waals surface area contributed by atoms with E-state index in [1.807, 2.05) is 12.1 Å². The van der Waals surface area contributed by atoms with E-state index in [9.17, 15) is 9.18 Å². The van der Waals surface area contributed by atoms with Crippen LogP contribution in [0, 0.1) is 5.82 Å². The van der Waals surface area contributed by atoms with Crippen LogP contribution in [0.25, 0.3) is 0 Å². The van der Waals surface area contributed by atoms with Crippen molar-refractivity contribution in [3.8, 4) is 5.75 Å². The van der Waals surface area contributed by atoms with Crippen LogP contribution in [-0.2, 0) is 9.53 Å². The highest BCUT2D eigenvalue weighted by Crippen LogP contribution is 2.25. The lowest BCUT2D eigenvalue weighted by molar-refractivity contribution is -0.123. The predicted molar refractivity (Wildman–Crippen MR) is 95.0 cm³/mol. The van der Waals surface area contributed by atoms with E-state index in [1.165, 1.54) is 12.1 Å². The van der Waals surface area contributed by atoms with E-state index in [2.05, 4.69) is 15.4 Å². The van der Waals surface area contributed by atoms with E-state index in [0.29, 0.717) is 0 Å². The maximum Gasteiger partial charge on any atom is 0.277 e. The van der Waals surface area contributed by atoms with E-state index in [4.69, 9.17) is 9.47 Å². The Kier molecular flexibility index (Phi) is 5.97. The summed E-state index contributed by atoms with van der Waals surface area (Å²) in [7, 11) is 0. The minimum atomic E-state index is -0.506. The minimum absolute atomic E-state index is 0.0371. The quantitative estimate of drug-likeness (QED) is 0.632. The lowest BCUT2D eigenvalue weighted by atomic mass is 10.3. The van der Waals surface area contributed by atoms with Crippen LogP contribution in [0.3, 0.4) is 0 Å². The number of hydrogen-bond donors (Lipinski definition) is 1. The maximum absolute atomic E-state index is 13.4. The third-order valence-electron chi connectivity index (χ3n) is 3.51. The molecule has 1 fully saturated rings. The largest absolute Gasteiger partial charge is 0.481 e. The van der Waals surface area contributed by atoms with Crippen molar-refractivity contribution < 1.29 is 18.7 Å². The number of amides is 1. The fourth-order valence-corrected chi connectivity index (χ4v) is 3.20. The van der Waals surface area contributed by atoms with E-state index in [0.717, 1.165) is 36.2 Å². The predicted octanol–water partition coefficient (Wildman–Crippen LogP) is 2.25. The zero-order chi connectivity index (χ0) is 17.5. The molecule has 25 heavy (non-hydrogen) atoms. The molecule has 0 unspecified atom stereocenters. The number of hydrogen-bond acceptors (Lipinski definition) is 6. The van der Waals surface area contributed by atoms with Gasteiger partial charge in [-0.05, 0) is 24.3 Å². The summed E-state index contributed by atoms with van der Waals surface area (Å²) in [6.45, 7) is 2.92. The van der Waals surface area contributed by atoms with Crippen LogP contribution in [0.15, 0.2) is 41.5 Å². The molecular weight excluding hydrogens is 345 g/mol. The average molecular weight is 363 g/mol. The van der Waals surface area contributed by atoms with Gasteiger partial charge in [-0.25, -0.2) is 9.82 Å². The van der Waals surface area contributed by atoms with Crippen LogP contribution in [0.1, 0.15) is 4.88 Å². The molecule has 0 spiro atoms. The van der Waals surface area contributed by atoms with Gasteiger partial charge in [0, 0.05) is 18.0 Å². The molecule has 2 heterocycles. The van der Waals surface area contributed by atoms with Gasteiger partial charge in [0.05, 0.1) is 24.4 Å². The number of hydrazone groups is 1. The first-order chi connectivity index (χ1) is 12.2. The second-order valence-electron chi connectivity index (χ2n) is 5.29. The maximum atomic E-state index is 13.4. The zero-order valence-electron chi connectivity index (χ0n) is 13.5. The summed E-state index contributed by atoms with van der Waals surface area (Å²) in [6.07, 6.45) is 1.58. The second-order valence-corrected chi connectivity index (χ2v) is 6.38. The fourth-order valence-electron chi connectivity index (χ4n) is 2.27. The smallest absolute Gasteiger partial charge is 0.277 e. The summed E-state index contributed by atoms with van der Waals surface area (Å²) < 4.78 is 23.8. The molecule has 0 radical (unpaired) electrons. The van der Waals surface area contributed by atoms with Gasteiger partial charge in [0.15, 0.2) is 18.2 Å². The van der Waals surface area contributed by atoms with Crippen LogP contribution < -0.4 is 15.1 Å². The highest BCUT2D eigenvalue weighted by atomic mass is 32.1. The Balaban J connectivity index is 1.45. The minimum Gasteiger partial charge on any atom is -0.481 e. The molecule has 2 aromatic rings. The molecule has 1 N–H and O–H groups in total. The lowest BCUT2D eigenvalue weighted by Gasteiger charge is -2.27. The normalized spacial score (nSPS) is 14.7. The Hall–Kier alpha value is -2.45. The van der Waals surface area contributed by atoms with Gasteiger partial charge < -0.3 is 14.4 Å². The standard InChI is InChI=1S/C17H18FN3O3S/c18-14-3-1-2-4-15(14)24-12-16(22)20-19-11-13-5-6-17(25-13)21-7-9-23-10-8-21/h1-6,11H,7-10,12H2,(H,20,22). The Labute approximate surface area is 148 Å². The molecule has 1 aliphatic rings. The first kappa shape index (κ1) is 17.4. The number of para-hydroxylation sites is 1. The second kappa shape index (κ2) is 8.59. The van der Waals surface area contributed by atoms with Gasteiger partial charge >= 0.3 is 0 Å². The Morgan fingerprint density at radius 2 is 2.12 bits per heavy atom. The van der Waals surface area contributed by atoms with Crippen molar-refractivity contribution in [1.29, 1.82) is 0 Å². The highest BCUT2D eigenvalue weighted by Gasteiger charge is 2.12. The molecule has 6 nitrogen and oxygen atoms in total. The van der Waals surface area contributed by atoms with Crippen LogP contribution in [-0.4, -0.2) is 45.0 Å². The number of anilines is 1. The number of nitrogens with one attached hydrogen (secondary N) is 1. The number of carbonyl (C=O) groups is 1. The molecule has 1 amide bonds. The number of carbonyl (C=O) groups excluding carboxylic acids is 1. The van der Waals surface area contributed by atoms with Gasteiger partial charge in [0.1, 0.15) is 0 Å². The topological polar surface area (TPSA) is 63.2 Å². The fraction of sp³-hybridized carbons (Fsp3) is 0.294. The molecule has 0 atom stereocenters. The number of morpholine rings is 1. The third-order valence-corrected chi connectivity index (χ3v) is 4.59. The summed E-state index contributed by atoms with van der Waals surface area (Å²) in [5, 5.41) is 5.06. The highest BCUT2D eigenvalue weighted by molar-refractivity contribution is 7.17. The van der Waals surface area contributed by atoms with Crippen molar-refractivity contribution in [2.75, 3.05) is 37.8 Å². The van der Waals surface area contributed by atoms with E-state index in [1.54, 1.807) is 29.7 Å². The van der Waals surface area contributed by atoms with Crippen LogP contribution in [0.4, 0.5) is 9.39 Å². The van der Waals surface area contributed by atoms with E-state index in [-0.39, 0.29) is 12.4 Å². The SMILES string of the molecule is O=C(COc1ccccc1F)NN=Cc1ccc(N2CCOCC2)s1. The van der Waals surface area contributed by atoms with Gasteiger partial charge in [-0.3, -0.25) is 4.79 Å². The first-order valence-electron chi connectivity index (χ1n) is 7.84. The summed E-state index contributed by atoms with van der Waals surface area (Å²) in [4.78, 5) is 14.9. The molecule has 0 saturated carbocycles. The number of ether oxygens (including phenoxy) is 2. The number of benzene rings is 1. The van der Waals surface area contributed by atoms with Gasteiger partial charge in [-0.2, -0.15) is 5.10 Å². The van der Waals surface area contributed by atoms with Crippen LogP contribution in [0.2, 0.25) is 0 Å². The van der Waals surface area contributed by atoms with Crippen molar-refractivity contribution in [3.63, 3.8) is 0 Å². The molecule has 3 rings (SSSR count). The Morgan fingerprint density at radius 1 is 1.32 bits per heavy atom. The van der Waals surface area contributed by atoms with E-state index < -0.39 is 11.7 Å². The lowest BCUT2D eigenvalue weighted by Crippen LogP contribution is -2.35. The van der Waals surface area contributed by atoms with Crippen molar-refractivity contribution >= 4 is 28.5 Å². The monoisotopic (exact) mass is 363 g/mol. The average Bonchev–Trinajstić information content (AvgIpc) is 3.11. The zero-order valence-corrected chi connectivity index (χ0v) is 14.3. The summed E-state index contributed by atoms with van der Waals surface area (Å²) in [6, 6.07) is 9.90. The number of nitrogens with zero attached hydrogens (tertiary/aromatic N) is 2. The van der Waals surface area contributed by atoms with Crippen LogP contribution >= 0.6 is 11.3 Å². The van der Waals surface area contributed by atoms with Gasteiger partial charge in [0.2, 0.25) is 0 Å². The molecule has 132 valence electrons. The van der Waals surface area contributed by atoms with Crippen molar-refractivity contribution in [2.24, 2.45) is 5.10 Å². The molecule has 8 heteroatoms. The number of rotatable bonds is 6. The number of thiophene rings is 1. The molecule has 1 saturated heterocycles. The van der Waals surface area contributed by atoms with Gasteiger partial charge in [0.25, 0.3) is 5.91 Å². The van der Waals surface area contributed by atoms with Crippen molar-refractivity contribution in [3.05, 3.63) is 47.1 Å². The first-order valence-corrected chi connectivity index (χ1v) is 8.66. The molecular formula is C17H18FN3O3S. The third kappa shape index (κ3) is 5.01. The summed E-state index contributed by atoms with van der Waals surface area (Å²) >= 11 is 1.59. The van der Waals surface area contributed by atoms with Crippen LogP contribution in [0.5, 0.6) is 5.75 Å². The molecule has 0 aliphatic carbocycles. The van der Waals surface area contributed by atoms with Gasteiger partial charge in [-0.1, -0.05) is 12.1 Å². The molecule has 0 bridgehead atoms. The summed E-state index contributed by atoms with van der Waals surface area (Å²) in [5.74, 6) is -0.924. The molecule has 1 aliphatic heterocycles. The Morgan fingerprint density at radius 3 is 2.92 bits per heavy atom.